The fourth-order valence-corrected chi connectivity index (χ4v) is 1.35. The maximum Gasteiger partial charge on any atom is 0.0890 e. The van der Waals surface area contributed by atoms with Crippen molar-refractivity contribution in [3.8, 4) is 0 Å². The minimum absolute atomic E-state index is 0.491. The van der Waals surface area contributed by atoms with Gasteiger partial charge in [0.15, 0.2) is 0 Å². The van der Waals surface area contributed by atoms with Crippen molar-refractivity contribution in [1.82, 2.24) is 9.97 Å². The molecule has 0 amide bonds. The third kappa shape index (κ3) is 1.59. The second-order valence-corrected chi connectivity index (χ2v) is 3.50. The lowest BCUT2D eigenvalue weighted by Gasteiger charge is -2.04. The smallest absolute Gasteiger partial charge is 0.0890 e. The van der Waals surface area contributed by atoms with Gasteiger partial charge in [0.1, 0.15) is 0 Å². The summed E-state index contributed by atoms with van der Waals surface area (Å²) in [5, 5.41) is 9.37. The molecule has 0 saturated heterocycles. The maximum atomic E-state index is 9.37. The Morgan fingerprint density at radius 2 is 1.79 bits per heavy atom. The van der Waals surface area contributed by atoms with E-state index in [1.807, 2.05) is 19.1 Å². The van der Waals surface area contributed by atoms with Gasteiger partial charge in [-0.05, 0) is 31.5 Å². The fraction of sp³-hybridized carbons (Fsp3) is 0.273. The van der Waals surface area contributed by atoms with Gasteiger partial charge >= 0.3 is 0 Å². The molecule has 0 spiro atoms. The number of aromatic nitrogens is 2. The largest absolute Gasteiger partial charge is 0.389 e. The number of hydrogen-bond donors (Lipinski definition) is 1. The second kappa shape index (κ2) is 3.35. The minimum Gasteiger partial charge on any atom is -0.389 e. The van der Waals surface area contributed by atoms with E-state index in [4.69, 9.17) is 0 Å². The highest BCUT2D eigenvalue weighted by Gasteiger charge is 2.03. The molecule has 1 atom stereocenters. The van der Waals surface area contributed by atoms with Crippen LogP contribution in [0.5, 0.6) is 0 Å². The molecular weight excluding hydrogens is 176 g/mol. The summed E-state index contributed by atoms with van der Waals surface area (Å²) in [7, 11) is 0. The van der Waals surface area contributed by atoms with Crippen molar-refractivity contribution in [1.29, 1.82) is 0 Å². The van der Waals surface area contributed by atoms with Crippen molar-refractivity contribution in [2.75, 3.05) is 0 Å². The molecule has 2 aromatic heterocycles. The van der Waals surface area contributed by atoms with E-state index in [0.717, 1.165) is 22.2 Å². The van der Waals surface area contributed by atoms with Crippen LogP contribution in [0.15, 0.2) is 24.5 Å². The number of aryl methyl sites for hydroxylation is 1. The van der Waals surface area contributed by atoms with Crippen LogP contribution in [-0.4, -0.2) is 15.1 Å². The number of aliphatic hydroxyl groups is 1. The standard InChI is InChI=1S/C11H12N2O/c1-7-3-10-11(12-5-7)4-9(6-13-10)8(2)14/h3-6,8,14H,1-2H3. The first-order valence-electron chi connectivity index (χ1n) is 4.57. The number of hydrogen-bond acceptors (Lipinski definition) is 3. The van der Waals surface area contributed by atoms with Crippen molar-refractivity contribution < 1.29 is 5.11 Å². The SMILES string of the molecule is Cc1cnc2cc(C(C)O)cnc2c1. The Labute approximate surface area is 82.4 Å². The first kappa shape index (κ1) is 9.09. The molecule has 2 rings (SSSR count). The summed E-state index contributed by atoms with van der Waals surface area (Å²) in [6.07, 6.45) is 3.00. The van der Waals surface area contributed by atoms with Crippen LogP contribution >= 0.6 is 0 Å². The Bertz CT molecular complexity index is 466. The molecule has 0 aliphatic rings. The van der Waals surface area contributed by atoms with Gasteiger partial charge in [-0.3, -0.25) is 9.97 Å². The van der Waals surface area contributed by atoms with Gasteiger partial charge in [0.2, 0.25) is 0 Å². The second-order valence-electron chi connectivity index (χ2n) is 3.50. The van der Waals surface area contributed by atoms with Crippen molar-refractivity contribution in [3.63, 3.8) is 0 Å². The lowest BCUT2D eigenvalue weighted by atomic mass is 10.1. The first-order chi connectivity index (χ1) is 6.66. The molecule has 0 bridgehead atoms. The molecular formula is C11H12N2O. The Balaban J connectivity index is 2.62. The zero-order chi connectivity index (χ0) is 10.1. The van der Waals surface area contributed by atoms with Crippen LogP contribution in [0.3, 0.4) is 0 Å². The predicted octanol–water partition coefficient (Wildman–Crippen LogP) is 1.99. The highest BCUT2D eigenvalue weighted by atomic mass is 16.3. The highest BCUT2D eigenvalue weighted by Crippen LogP contribution is 2.16. The summed E-state index contributed by atoms with van der Waals surface area (Å²) < 4.78 is 0. The number of aliphatic hydroxyl groups excluding tert-OH is 1. The fourth-order valence-electron chi connectivity index (χ4n) is 1.35. The van der Waals surface area contributed by atoms with Gasteiger partial charge in [-0.2, -0.15) is 0 Å². The maximum absolute atomic E-state index is 9.37. The molecule has 2 heterocycles. The molecule has 14 heavy (non-hydrogen) atoms. The van der Waals surface area contributed by atoms with Gasteiger partial charge in [0.25, 0.3) is 0 Å². The van der Waals surface area contributed by atoms with Crippen LogP contribution in [0.25, 0.3) is 11.0 Å². The van der Waals surface area contributed by atoms with Gasteiger partial charge in [0, 0.05) is 18.0 Å². The van der Waals surface area contributed by atoms with Crippen LogP contribution in [-0.2, 0) is 0 Å². The van der Waals surface area contributed by atoms with Crippen molar-refractivity contribution >= 4 is 11.0 Å². The van der Waals surface area contributed by atoms with E-state index in [1.165, 1.54) is 0 Å². The monoisotopic (exact) mass is 188 g/mol. The van der Waals surface area contributed by atoms with Crippen LogP contribution in [0, 0.1) is 6.92 Å². The van der Waals surface area contributed by atoms with E-state index in [9.17, 15) is 5.11 Å². The highest BCUT2D eigenvalue weighted by molar-refractivity contribution is 5.74. The van der Waals surface area contributed by atoms with E-state index in [-0.39, 0.29) is 0 Å². The lowest BCUT2D eigenvalue weighted by Crippen LogP contribution is -1.93. The topological polar surface area (TPSA) is 46.0 Å². The third-order valence-electron chi connectivity index (χ3n) is 2.17. The summed E-state index contributed by atoms with van der Waals surface area (Å²) >= 11 is 0. The van der Waals surface area contributed by atoms with E-state index in [2.05, 4.69) is 9.97 Å². The van der Waals surface area contributed by atoms with Gasteiger partial charge in [0.05, 0.1) is 17.1 Å². The predicted molar refractivity (Wildman–Crippen MR) is 54.9 cm³/mol. The average molecular weight is 188 g/mol. The average Bonchev–Trinajstić information content (AvgIpc) is 2.16. The van der Waals surface area contributed by atoms with Gasteiger partial charge in [-0.1, -0.05) is 0 Å². The zero-order valence-corrected chi connectivity index (χ0v) is 8.23. The first-order valence-corrected chi connectivity index (χ1v) is 4.57. The van der Waals surface area contributed by atoms with Crippen molar-refractivity contribution in [2.45, 2.75) is 20.0 Å². The molecule has 0 aromatic carbocycles. The summed E-state index contributed by atoms with van der Waals surface area (Å²) in [5.41, 5.74) is 3.59. The van der Waals surface area contributed by atoms with Crippen molar-refractivity contribution in [3.05, 3.63) is 35.7 Å². The van der Waals surface area contributed by atoms with Crippen LogP contribution < -0.4 is 0 Å². The van der Waals surface area contributed by atoms with E-state index < -0.39 is 6.10 Å². The molecule has 0 aliphatic heterocycles. The summed E-state index contributed by atoms with van der Waals surface area (Å²) in [4.78, 5) is 8.49. The third-order valence-corrected chi connectivity index (χ3v) is 2.17. The number of pyridine rings is 2. The Kier molecular flexibility index (Phi) is 2.17. The van der Waals surface area contributed by atoms with E-state index in [1.54, 1.807) is 19.3 Å². The quantitative estimate of drug-likeness (QED) is 0.744. The van der Waals surface area contributed by atoms with Crippen LogP contribution in [0.1, 0.15) is 24.2 Å². The molecule has 72 valence electrons. The lowest BCUT2D eigenvalue weighted by molar-refractivity contribution is 0.199. The molecule has 1 N–H and O–H groups in total. The molecule has 0 radical (unpaired) electrons. The summed E-state index contributed by atoms with van der Waals surface area (Å²) in [6, 6.07) is 3.85. The molecule has 0 saturated carbocycles. The van der Waals surface area contributed by atoms with Gasteiger partial charge < -0.3 is 5.11 Å². The van der Waals surface area contributed by atoms with E-state index in [0.29, 0.717) is 0 Å². The molecule has 2 aromatic rings. The number of fused-ring (bicyclic) bond motifs is 1. The minimum atomic E-state index is -0.491. The molecule has 0 aliphatic carbocycles. The van der Waals surface area contributed by atoms with Crippen LogP contribution in [0.2, 0.25) is 0 Å². The Hall–Kier alpha value is -1.48. The van der Waals surface area contributed by atoms with Crippen molar-refractivity contribution in [2.24, 2.45) is 0 Å². The number of nitrogens with zero attached hydrogens (tertiary/aromatic N) is 2. The Morgan fingerprint density at radius 1 is 1.14 bits per heavy atom. The molecule has 0 fully saturated rings. The number of rotatable bonds is 1. The summed E-state index contributed by atoms with van der Waals surface area (Å²) in [6.45, 7) is 3.70. The summed E-state index contributed by atoms with van der Waals surface area (Å²) in [5.74, 6) is 0. The Morgan fingerprint density at radius 3 is 2.50 bits per heavy atom. The van der Waals surface area contributed by atoms with E-state index >= 15 is 0 Å². The van der Waals surface area contributed by atoms with Crippen LogP contribution in [0.4, 0.5) is 0 Å². The van der Waals surface area contributed by atoms with Gasteiger partial charge in [-0.15, -0.1) is 0 Å². The molecule has 3 nitrogen and oxygen atoms in total. The molecule has 1 unspecified atom stereocenters. The zero-order valence-electron chi connectivity index (χ0n) is 8.23. The molecule has 3 heteroatoms. The normalized spacial score (nSPS) is 13.1. The van der Waals surface area contributed by atoms with Gasteiger partial charge in [-0.25, -0.2) is 0 Å².